The molecule has 0 fully saturated rings. The van der Waals surface area contributed by atoms with Crippen LogP contribution in [0.2, 0.25) is 0 Å². The number of carbonyl (C=O) groups excluding carboxylic acids is 1. The van der Waals surface area contributed by atoms with Gasteiger partial charge in [-0.05, 0) is 69.7 Å². The van der Waals surface area contributed by atoms with Crippen LogP contribution in [0.3, 0.4) is 0 Å². The predicted octanol–water partition coefficient (Wildman–Crippen LogP) is 3.43. The number of fused-ring (bicyclic) bond motifs is 1. The third-order valence-corrected chi connectivity index (χ3v) is 5.85. The van der Waals surface area contributed by atoms with Gasteiger partial charge >= 0.3 is 5.63 Å². The normalized spacial score (nSPS) is 12.1. The first kappa shape index (κ1) is 20.8. The summed E-state index contributed by atoms with van der Waals surface area (Å²) in [6.07, 6.45) is 0. The van der Waals surface area contributed by atoms with Crippen molar-refractivity contribution in [1.29, 1.82) is 0 Å². The Morgan fingerprint density at radius 2 is 1.66 bits per heavy atom. The Morgan fingerprint density at radius 1 is 1.00 bits per heavy atom. The summed E-state index contributed by atoms with van der Waals surface area (Å²) in [5, 5.41) is 3.50. The Balaban J connectivity index is 1.81. The summed E-state index contributed by atoms with van der Waals surface area (Å²) in [7, 11) is -3.68. The van der Waals surface area contributed by atoms with Crippen LogP contribution in [0.4, 0.5) is 5.69 Å². The summed E-state index contributed by atoms with van der Waals surface area (Å²) in [6.45, 7) is 7.06. The predicted molar refractivity (Wildman–Crippen MR) is 112 cm³/mol. The zero-order chi connectivity index (χ0) is 21.4. The summed E-state index contributed by atoms with van der Waals surface area (Å²) in [6, 6.07) is 12.1. The molecule has 0 aliphatic heterocycles. The third-order valence-electron chi connectivity index (χ3n) is 4.08. The molecule has 0 spiro atoms. The second-order valence-corrected chi connectivity index (χ2v) is 9.48. The van der Waals surface area contributed by atoms with Crippen LogP contribution in [0, 0.1) is 6.92 Å². The SMILES string of the molecule is Cc1cc(=O)oc2cc(NC(=O)c3ccc(S(=O)(=O)NC(C)(C)C)cc3)ccc12. The van der Waals surface area contributed by atoms with E-state index >= 15 is 0 Å². The van der Waals surface area contributed by atoms with Crippen molar-refractivity contribution in [3.8, 4) is 0 Å². The number of hydrogen-bond donors (Lipinski definition) is 2. The molecule has 2 aromatic carbocycles. The summed E-state index contributed by atoms with van der Waals surface area (Å²) in [4.78, 5) is 24.1. The van der Waals surface area contributed by atoms with Crippen LogP contribution in [0.1, 0.15) is 36.7 Å². The minimum absolute atomic E-state index is 0.0759. The molecule has 0 saturated carbocycles. The van der Waals surface area contributed by atoms with E-state index in [-0.39, 0.29) is 4.90 Å². The summed E-state index contributed by atoms with van der Waals surface area (Å²) in [5.74, 6) is -0.410. The topological polar surface area (TPSA) is 105 Å². The molecule has 1 aromatic heterocycles. The molecular formula is C21H22N2O5S. The van der Waals surface area contributed by atoms with Gasteiger partial charge in [0.05, 0.1) is 4.90 Å². The van der Waals surface area contributed by atoms with Crippen molar-refractivity contribution in [3.63, 3.8) is 0 Å². The quantitative estimate of drug-likeness (QED) is 0.636. The molecule has 1 amide bonds. The number of aryl methyl sites for hydroxylation is 1. The largest absolute Gasteiger partial charge is 0.423 e. The second-order valence-electron chi connectivity index (χ2n) is 7.79. The van der Waals surface area contributed by atoms with Crippen LogP contribution >= 0.6 is 0 Å². The molecule has 0 aliphatic rings. The Hall–Kier alpha value is -2.97. The van der Waals surface area contributed by atoms with Gasteiger partial charge in [0.15, 0.2) is 0 Å². The standard InChI is InChI=1S/C21H22N2O5S/c1-13-11-19(24)28-18-12-15(7-10-17(13)18)22-20(25)14-5-8-16(9-6-14)29(26,27)23-21(2,3)4/h5-12,23H,1-4H3,(H,22,25). The van der Waals surface area contributed by atoms with Crippen molar-refractivity contribution in [1.82, 2.24) is 4.72 Å². The zero-order valence-corrected chi connectivity index (χ0v) is 17.4. The number of amides is 1. The number of carbonyl (C=O) groups is 1. The van der Waals surface area contributed by atoms with Crippen molar-refractivity contribution in [3.05, 3.63) is 70.1 Å². The van der Waals surface area contributed by atoms with E-state index in [0.29, 0.717) is 16.8 Å². The molecule has 0 bridgehead atoms. The van der Waals surface area contributed by atoms with E-state index in [1.54, 1.807) is 39.0 Å². The van der Waals surface area contributed by atoms with E-state index in [9.17, 15) is 18.0 Å². The molecule has 0 radical (unpaired) electrons. The first-order valence-electron chi connectivity index (χ1n) is 8.94. The molecule has 3 aromatic rings. The van der Waals surface area contributed by atoms with Crippen LogP contribution in [-0.2, 0) is 10.0 Å². The van der Waals surface area contributed by atoms with Crippen LogP contribution in [0.25, 0.3) is 11.0 Å². The van der Waals surface area contributed by atoms with Crippen molar-refractivity contribution in [2.24, 2.45) is 0 Å². The minimum Gasteiger partial charge on any atom is -0.423 e. The van der Waals surface area contributed by atoms with Crippen LogP contribution in [-0.4, -0.2) is 19.9 Å². The Labute approximate surface area is 168 Å². The van der Waals surface area contributed by atoms with E-state index in [2.05, 4.69) is 10.0 Å². The lowest BCUT2D eigenvalue weighted by molar-refractivity contribution is 0.102. The molecule has 0 saturated heterocycles. The molecule has 3 rings (SSSR count). The monoisotopic (exact) mass is 414 g/mol. The first-order valence-corrected chi connectivity index (χ1v) is 10.4. The Morgan fingerprint density at radius 3 is 2.28 bits per heavy atom. The molecule has 8 heteroatoms. The third kappa shape index (κ3) is 4.90. The maximum atomic E-state index is 12.5. The van der Waals surface area contributed by atoms with Gasteiger partial charge in [-0.1, -0.05) is 0 Å². The smallest absolute Gasteiger partial charge is 0.336 e. The van der Waals surface area contributed by atoms with Gasteiger partial charge in [0.25, 0.3) is 5.91 Å². The molecule has 2 N–H and O–H groups in total. The first-order chi connectivity index (χ1) is 13.4. The van der Waals surface area contributed by atoms with Gasteiger partial charge in [0, 0.05) is 34.3 Å². The van der Waals surface area contributed by atoms with Gasteiger partial charge in [0.1, 0.15) is 5.58 Å². The number of sulfonamides is 1. The van der Waals surface area contributed by atoms with Gasteiger partial charge in [0.2, 0.25) is 10.0 Å². The van der Waals surface area contributed by atoms with Crippen molar-refractivity contribution in [2.45, 2.75) is 38.1 Å². The van der Waals surface area contributed by atoms with Crippen LogP contribution in [0.15, 0.2) is 62.6 Å². The number of rotatable bonds is 4. The summed E-state index contributed by atoms with van der Waals surface area (Å²) in [5.41, 5.74) is 0.850. The lowest BCUT2D eigenvalue weighted by atomic mass is 10.1. The number of anilines is 1. The molecule has 1 heterocycles. The highest BCUT2D eigenvalue weighted by molar-refractivity contribution is 7.89. The lowest BCUT2D eigenvalue weighted by Gasteiger charge is -2.20. The van der Waals surface area contributed by atoms with Crippen LogP contribution < -0.4 is 15.7 Å². The van der Waals surface area contributed by atoms with Crippen molar-refractivity contribution < 1.29 is 17.6 Å². The number of hydrogen-bond acceptors (Lipinski definition) is 5. The number of nitrogens with one attached hydrogen (secondary N) is 2. The maximum absolute atomic E-state index is 12.5. The van der Waals surface area contributed by atoms with Gasteiger partial charge < -0.3 is 9.73 Å². The Bertz CT molecular complexity index is 1240. The van der Waals surface area contributed by atoms with Gasteiger partial charge in [-0.3, -0.25) is 4.79 Å². The molecule has 0 atom stereocenters. The summed E-state index contributed by atoms with van der Waals surface area (Å²) < 4.78 is 32.4. The molecule has 29 heavy (non-hydrogen) atoms. The van der Waals surface area contributed by atoms with Crippen molar-refractivity contribution in [2.75, 3.05) is 5.32 Å². The Kier molecular flexibility index (Phi) is 5.34. The van der Waals surface area contributed by atoms with Gasteiger partial charge in [-0.25, -0.2) is 17.9 Å². The lowest BCUT2D eigenvalue weighted by Crippen LogP contribution is -2.40. The van der Waals surface area contributed by atoms with E-state index in [1.807, 2.05) is 6.92 Å². The average Bonchev–Trinajstić information content (AvgIpc) is 2.59. The second kappa shape index (κ2) is 7.46. The highest BCUT2D eigenvalue weighted by Gasteiger charge is 2.22. The van der Waals surface area contributed by atoms with E-state index in [0.717, 1.165) is 10.9 Å². The minimum atomic E-state index is -3.68. The number of benzene rings is 2. The maximum Gasteiger partial charge on any atom is 0.336 e. The van der Waals surface area contributed by atoms with E-state index in [4.69, 9.17) is 4.42 Å². The molecule has 152 valence electrons. The van der Waals surface area contributed by atoms with Gasteiger partial charge in [-0.15, -0.1) is 0 Å². The fourth-order valence-electron chi connectivity index (χ4n) is 2.85. The van der Waals surface area contributed by atoms with E-state index in [1.165, 1.54) is 30.3 Å². The fraction of sp³-hybridized carbons (Fsp3) is 0.238. The highest BCUT2D eigenvalue weighted by Crippen LogP contribution is 2.21. The molecule has 0 aliphatic carbocycles. The average molecular weight is 414 g/mol. The van der Waals surface area contributed by atoms with Crippen molar-refractivity contribution >= 4 is 32.6 Å². The van der Waals surface area contributed by atoms with E-state index < -0.39 is 27.1 Å². The summed E-state index contributed by atoms with van der Waals surface area (Å²) >= 11 is 0. The highest BCUT2D eigenvalue weighted by atomic mass is 32.2. The fourth-order valence-corrected chi connectivity index (χ4v) is 4.27. The molecule has 7 nitrogen and oxygen atoms in total. The van der Waals surface area contributed by atoms with Crippen LogP contribution in [0.5, 0.6) is 0 Å². The molecule has 0 unspecified atom stereocenters. The zero-order valence-electron chi connectivity index (χ0n) is 16.6. The molecular weight excluding hydrogens is 392 g/mol. The van der Waals surface area contributed by atoms with Gasteiger partial charge in [-0.2, -0.15) is 0 Å².